The quantitative estimate of drug-likeness (QED) is 0.421. The standard InChI is InChI=1S/C21H20ClN3O.C2H4O/c1-3-4-5-6-17-13-25(12-16-7-9-18(22)10-8-16)14-19(17)20(26)21-23-11-15(2)24-21;1-2-3/h3-11,14H,1,12-13H2,2H3,(H,23,24);2H,1H3/b5-4-,17-6+;. The lowest BCUT2D eigenvalue weighted by molar-refractivity contribution is -0.106. The number of halogens is 1. The van der Waals surface area contributed by atoms with E-state index in [4.69, 9.17) is 16.4 Å². The van der Waals surface area contributed by atoms with Crippen molar-refractivity contribution in [1.29, 1.82) is 0 Å². The number of aldehydes is 1. The molecule has 1 aliphatic rings. The van der Waals surface area contributed by atoms with E-state index in [1.165, 1.54) is 6.92 Å². The van der Waals surface area contributed by atoms with Crippen LogP contribution in [0.25, 0.3) is 0 Å². The molecule has 1 aliphatic heterocycles. The van der Waals surface area contributed by atoms with Gasteiger partial charge in [-0.1, -0.05) is 54.6 Å². The maximum Gasteiger partial charge on any atom is 0.230 e. The predicted octanol–water partition coefficient (Wildman–Crippen LogP) is 4.83. The molecule has 1 aromatic heterocycles. The number of nitrogens with one attached hydrogen (secondary N) is 1. The van der Waals surface area contributed by atoms with Crippen molar-refractivity contribution in [1.82, 2.24) is 14.9 Å². The van der Waals surface area contributed by atoms with Crippen molar-refractivity contribution in [3.63, 3.8) is 0 Å². The second-order valence-electron chi connectivity index (χ2n) is 6.37. The van der Waals surface area contributed by atoms with E-state index in [1.807, 2.05) is 55.6 Å². The average molecular weight is 410 g/mol. The number of aromatic nitrogens is 2. The third kappa shape index (κ3) is 6.43. The van der Waals surface area contributed by atoms with Gasteiger partial charge >= 0.3 is 0 Å². The third-order valence-electron chi connectivity index (χ3n) is 4.04. The fourth-order valence-electron chi connectivity index (χ4n) is 2.79. The molecule has 0 bridgehead atoms. The number of aryl methyl sites for hydroxylation is 1. The van der Waals surface area contributed by atoms with Gasteiger partial charge in [0, 0.05) is 41.8 Å². The summed E-state index contributed by atoms with van der Waals surface area (Å²) < 4.78 is 0. The van der Waals surface area contributed by atoms with Crippen molar-refractivity contribution in [3.05, 3.63) is 101 Å². The van der Waals surface area contributed by atoms with Gasteiger partial charge < -0.3 is 14.7 Å². The summed E-state index contributed by atoms with van der Waals surface area (Å²) in [5.74, 6) is 0.260. The summed E-state index contributed by atoms with van der Waals surface area (Å²) in [7, 11) is 0. The van der Waals surface area contributed by atoms with Crippen LogP contribution < -0.4 is 0 Å². The highest BCUT2D eigenvalue weighted by Crippen LogP contribution is 2.26. The molecule has 0 saturated heterocycles. The van der Waals surface area contributed by atoms with Crippen LogP contribution in [0.15, 0.2) is 78.7 Å². The Labute approximate surface area is 176 Å². The molecule has 0 radical (unpaired) electrons. The lowest BCUT2D eigenvalue weighted by Gasteiger charge is -2.15. The molecule has 1 aromatic carbocycles. The van der Waals surface area contributed by atoms with Crippen LogP contribution in [-0.4, -0.2) is 33.5 Å². The number of imidazole rings is 1. The SMILES string of the molecule is C=C/C=C\C=C1/CN(Cc2ccc(Cl)cc2)C=C1C(=O)c1ncc(C)[nH]1.CC=O. The maximum absolute atomic E-state index is 12.9. The topological polar surface area (TPSA) is 66.1 Å². The van der Waals surface area contributed by atoms with Crippen LogP contribution in [0.1, 0.15) is 28.8 Å². The minimum absolute atomic E-state index is 0.102. The van der Waals surface area contributed by atoms with Crippen molar-refractivity contribution in [2.24, 2.45) is 0 Å². The number of nitrogens with zero attached hydrogens (tertiary/aromatic N) is 2. The van der Waals surface area contributed by atoms with Crippen LogP contribution in [0.4, 0.5) is 0 Å². The largest absolute Gasteiger partial charge is 0.368 e. The number of rotatable bonds is 6. The molecule has 2 aromatic rings. The molecule has 150 valence electrons. The number of ketones is 1. The Morgan fingerprint density at radius 1 is 1.31 bits per heavy atom. The van der Waals surface area contributed by atoms with Gasteiger partial charge in [-0.2, -0.15) is 0 Å². The van der Waals surface area contributed by atoms with E-state index >= 15 is 0 Å². The van der Waals surface area contributed by atoms with Gasteiger partial charge in [-0.05, 0) is 37.1 Å². The Balaban J connectivity index is 0.000000941. The highest BCUT2D eigenvalue weighted by molar-refractivity contribution is 6.30. The molecule has 0 atom stereocenters. The molecule has 0 amide bonds. The van der Waals surface area contributed by atoms with Crippen molar-refractivity contribution < 1.29 is 9.59 Å². The molecule has 5 nitrogen and oxygen atoms in total. The monoisotopic (exact) mass is 409 g/mol. The number of carbonyl (C=O) groups excluding carboxylic acids is 2. The summed E-state index contributed by atoms with van der Waals surface area (Å²) in [6, 6.07) is 7.73. The highest BCUT2D eigenvalue weighted by Gasteiger charge is 2.25. The summed E-state index contributed by atoms with van der Waals surface area (Å²) in [4.78, 5) is 31.0. The van der Waals surface area contributed by atoms with Crippen LogP contribution in [0.5, 0.6) is 0 Å². The summed E-state index contributed by atoms with van der Waals surface area (Å²) in [6.45, 7) is 8.36. The van der Waals surface area contributed by atoms with Crippen molar-refractivity contribution in [2.75, 3.05) is 6.54 Å². The van der Waals surface area contributed by atoms with E-state index in [2.05, 4.69) is 21.4 Å². The number of aromatic amines is 1. The molecule has 29 heavy (non-hydrogen) atoms. The number of Topliss-reactive ketones (excluding diaryl/α,β-unsaturated/α-hetero) is 1. The smallest absolute Gasteiger partial charge is 0.230 e. The zero-order valence-electron chi connectivity index (χ0n) is 16.6. The van der Waals surface area contributed by atoms with Crippen LogP contribution in [0, 0.1) is 6.92 Å². The molecule has 0 unspecified atom stereocenters. The van der Waals surface area contributed by atoms with E-state index < -0.39 is 0 Å². The lowest BCUT2D eigenvalue weighted by Crippen LogP contribution is -2.14. The van der Waals surface area contributed by atoms with Gasteiger partial charge in [0.15, 0.2) is 5.82 Å². The molecule has 0 saturated carbocycles. The van der Waals surface area contributed by atoms with Gasteiger partial charge in [0.2, 0.25) is 5.78 Å². The number of benzene rings is 1. The van der Waals surface area contributed by atoms with Crippen molar-refractivity contribution in [3.8, 4) is 0 Å². The zero-order chi connectivity index (χ0) is 21.2. The molecule has 6 heteroatoms. The minimum atomic E-state index is -0.102. The lowest BCUT2D eigenvalue weighted by atomic mass is 10.0. The predicted molar refractivity (Wildman–Crippen MR) is 117 cm³/mol. The van der Waals surface area contributed by atoms with E-state index in [1.54, 1.807) is 12.3 Å². The first kappa shape index (κ1) is 22.1. The number of carbonyl (C=O) groups is 2. The normalized spacial score (nSPS) is 14.5. The first-order valence-electron chi connectivity index (χ1n) is 9.13. The zero-order valence-corrected chi connectivity index (χ0v) is 17.3. The molecule has 0 aliphatic carbocycles. The third-order valence-corrected chi connectivity index (χ3v) is 4.29. The van der Waals surface area contributed by atoms with Gasteiger partial charge in [0.05, 0.1) is 0 Å². The number of H-pyrrole nitrogens is 1. The molecule has 2 heterocycles. The molecule has 1 N–H and O–H groups in total. The second kappa shape index (κ2) is 11.0. The molecule has 0 spiro atoms. The molecule has 0 fully saturated rings. The van der Waals surface area contributed by atoms with Gasteiger partial charge in [0.25, 0.3) is 0 Å². The van der Waals surface area contributed by atoms with Gasteiger partial charge in [0.1, 0.15) is 6.29 Å². The maximum atomic E-state index is 12.9. The Kier molecular flexibility index (Phi) is 8.37. The summed E-state index contributed by atoms with van der Waals surface area (Å²) in [5.41, 5.74) is 3.61. The average Bonchev–Trinajstić information content (AvgIpc) is 3.30. The second-order valence-corrected chi connectivity index (χ2v) is 6.80. The number of hydrogen-bond acceptors (Lipinski definition) is 4. The summed E-state index contributed by atoms with van der Waals surface area (Å²) >= 11 is 5.95. The fourth-order valence-corrected chi connectivity index (χ4v) is 2.92. The fraction of sp³-hybridized carbons (Fsp3) is 0.174. The highest BCUT2D eigenvalue weighted by atomic mass is 35.5. The van der Waals surface area contributed by atoms with E-state index in [9.17, 15) is 4.79 Å². The molecular weight excluding hydrogens is 386 g/mol. The van der Waals surface area contributed by atoms with Crippen LogP contribution >= 0.6 is 11.6 Å². The Hall–Kier alpha value is -3.18. The Morgan fingerprint density at radius 3 is 2.59 bits per heavy atom. The number of hydrogen-bond donors (Lipinski definition) is 1. The summed E-state index contributed by atoms with van der Waals surface area (Å²) in [5, 5.41) is 0.713. The van der Waals surface area contributed by atoms with E-state index in [0.717, 1.165) is 23.1 Å². The minimum Gasteiger partial charge on any atom is -0.368 e. The first-order chi connectivity index (χ1) is 14.0. The van der Waals surface area contributed by atoms with Crippen LogP contribution in [0.3, 0.4) is 0 Å². The number of allylic oxidation sites excluding steroid dienone is 4. The van der Waals surface area contributed by atoms with Crippen LogP contribution in [-0.2, 0) is 11.3 Å². The molecular formula is C23H24ClN3O2. The van der Waals surface area contributed by atoms with Gasteiger partial charge in [-0.25, -0.2) is 4.98 Å². The van der Waals surface area contributed by atoms with Gasteiger partial charge in [-0.3, -0.25) is 4.79 Å². The van der Waals surface area contributed by atoms with E-state index in [-0.39, 0.29) is 5.78 Å². The van der Waals surface area contributed by atoms with Gasteiger partial charge in [-0.15, -0.1) is 0 Å². The van der Waals surface area contributed by atoms with Crippen LogP contribution in [0.2, 0.25) is 5.02 Å². The molecule has 3 rings (SSSR count). The van der Waals surface area contributed by atoms with Crippen molar-refractivity contribution in [2.45, 2.75) is 20.4 Å². The Bertz CT molecular complexity index is 953. The summed E-state index contributed by atoms with van der Waals surface area (Å²) in [6.07, 6.45) is 11.7. The van der Waals surface area contributed by atoms with Crippen molar-refractivity contribution >= 4 is 23.7 Å². The Morgan fingerprint density at radius 2 is 2.00 bits per heavy atom. The van der Waals surface area contributed by atoms with E-state index in [0.29, 0.717) is 29.5 Å². The first-order valence-corrected chi connectivity index (χ1v) is 9.51.